The van der Waals surface area contributed by atoms with E-state index in [0.29, 0.717) is 10.6 Å². The van der Waals surface area contributed by atoms with Crippen LogP contribution in [-0.2, 0) is 6.54 Å². The third kappa shape index (κ3) is 2.83. The summed E-state index contributed by atoms with van der Waals surface area (Å²) in [6.07, 6.45) is 3.44. The summed E-state index contributed by atoms with van der Waals surface area (Å²) < 4.78 is 2.31. The van der Waals surface area contributed by atoms with Crippen molar-refractivity contribution in [3.63, 3.8) is 0 Å². The van der Waals surface area contributed by atoms with Crippen LogP contribution in [0, 0.1) is 0 Å². The number of benzene rings is 3. The van der Waals surface area contributed by atoms with Gasteiger partial charge in [0, 0.05) is 33.9 Å². The molecule has 128 valence electrons. The molecule has 0 fully saturated rings. The molecule has 0 spiro atoms. The van der Waals surface area contributed by atoms with E-state index in [-0.39, 0.29) is 5.78 Å². The standard InChI is InChI=1S/C23H18ClNO/c1-2-25-21-10-6-4-7-17(21)19-15-16(11-13-22(19)25)12-14-23(26)18-8-3-5-9-20(18)24/h3-15H,2H2,1H3/b14-12+. The van der Waals surface area contributed by atoms with Gasteiger partial charge in [-0.3, -0.25) is 4.79 Å². The third-order valence-corrected chi connectivity index (χ3v) is 5.01. The molecule has 0 amide bonds. The summed E-state index contributed by atoms with van der Waals surface area (Å²) in [6, 6.07) is 21.8. The maximum absolute atomic E-state index is 12.4. The monoisotopic (exact) mass is 359 g/mol. The van der Waals surface area contributed by atoms with Gasteiger partial charge in [0.15, 0.2) is 5.78 Å². The number of carbonyl (C=O) groups is 1. The number of aryl methyl sites for hydroxylation is 1. The predicted octanol–water partition coefficient (Wildman–Crippen LogP) is 6.36. The van der Waals surface area contributed by atoms with Gasteiger partial charge < -0.3 is 4.57 Å². The minimum Gasteiger partial charge on any atom is -0.341 e. The lowest BCUT2D eigenvalue weighted by Crippen LogP contribution is -1.94. The molecule has 0 radical (unpaired) electrons. The molecule has 3 heteroatoms. The van der Waals surface area contributed by atoms with E-state index in [1.165, 1.54) is 21.8 Å². The zero-order valence-electron chi connectivity index (χ0n) is 14.4. The summed E-state index contributed by atoms with van der Waals surface area (Å²) >= 11 is 6.11. The quantitative estimate of drug-likeness (QED) is 0.307. The summed E-state index contributed by atoms with van der Waals surface area (Å²) in [4.78, 5) is 12.4. The second-order valence-corrected chi connectivity index (χ2v) is 6.62. The Morgan fingerprint density at radius 2 is 1.69 bits per heavy atom. The highest BCUT2D eigenvalue weighted by atomic mass is 35.5. The van der Waals surface area contributed by atoms with Crippen LogP contribution in [0.25, 0.3) is 27.9 Å². The number of hydrogen-bond acceptors (Lipinski definition) is 1. The molecule has 0 aliphatic carbocycles. The third-order valence-electron chi connectivity index (χ3n) is 4.68. The molecular formula is C23H18ClNO. The molecule has 1 aromatic heterocycles. The van der Waals surface area contributed by atoms with Gasteiger partial charge in [-0.25, -0.2) is 0 Å². The van der Waals surface area contributed by atoms with Crippen LogP contribution in [0.2, 0.25) is 5.02 Å². The lowest BCUT2D eigenvalue weighted by Gasteiger charge is -2.03. The van der Waals surface area contributed by atoms with E-state index in [4.69, 9.17) is 11.6 Å². The minimum absolute atomic E-state index is 0.0910. The van der Waals surface area contributed by atoms with Crippen LogP contribution in [0.4, 0.5) is 0 Å². The maximum Gasteiger partial charge on any atom is 0.187 e. The fourth-order valence-corrected chi connectivity index (χ4v) is 3.67. The van der Waals surface area contributed by atoms with E-state index in [2.05, 4.69) is 47.9 Å². The molecule has 2 nitrogen and oxygen atoms in total. The highest BCUT2D eigenvalue weighted by Gasteiger charge is 2.09. The van der Waals surface area contributed by atoms with Gasteiger partial charge in [-0.2, -0.15) is 0 Å². The number of para-hydroxylation sites is 1. The first-order valence-electron chi connectivity index (χ1n) is 8.67. The zero-order chi connectivity index (χ0) is 18.1. The van der Waals surface area contributed by atoms with Crippen LogP contribution in [0.15, 0.2) is 72.8 Å². The van der Waals surface area contributed by atoms with Gasteiger partial charge in [0.2, 0.25) is 0 Å². The van der Waals surface area contributed by atoms with Crippen molar-refractivity contribution in [2.24, 2.45) is 0 Å². The molecule has 0 saturated heterocycles. The Bertz CT molecular complexity index is 1150. The molecule has 3 aromatic carbocycles. The van der Waals surface area contributed by atoms with E-state index >= 15 is 0 Å². The van der Waals surface area contributed by atoms with E-state index < -0.39 is 0 Å². The van der Waals surface area contributed by atoms with Crippen LogP contribution in [0.3, 0.4) is 0 Å². The van der Waals surface area contributed by atoms with Crippen LogP contribution in [-0.4, -0.2) is 10.4 Å². The van der Waals surface area contributed by atoms with E-state index in [1.54, 1.807) is 18.2 Å². The van der Waals surface area contributed by atoms with Gasteiger partial charge in [-0.15, -0.1) is 0 Å². The highest BCUT2D eigenvalue weighted by molar-refractivity contribution is 6.34. The number of halogens is 1. The molecule has 4 aromatic rings. The Balaban J connectivity index is 1.75. The molecule has 0 atom stereocenters. The number of hydrogen-bond donors (Lipinski definition) is 0. The second-order valence-electron chi connectivity index (χ2n) is 6.22. The molecule has 4 rings (SSSR count). The normalized spacial score (nSPS) is 11.6. The molecule has 26 heavy (non-hydrogen) atoms. The Morgan fingerprint density at radius 1 is 0.962 bits per heavy atom. The average molecular weight is 360 g/mol. The van der Waals surface area contributed by atoms with Crippen molar-refractivity contribution >= 4 is 45.3 Å². The van der Waals surface area contributed by atoms with Crippen molar-refractivity contribution < 1.29 is 4.79 Å². The predicted molar refractivity (Wildman–Crippen MR) is 110 cm³/mol. The molecule has 0 aliphatic heterocycles. The molecule has 1 heterocycles. The largest absolute Gasteiger partial charge is 0.341 e. The number of carbonyl (C=O) groups excluding carboxylic acids is 1. The van der Waals surface area contributed by atoms with Crippen molar-refractivity contribution in [1.82, 2.24) is 4.57 Å². The maximum atomic E-state index is 12.4. The van der Waals surface area contributed by atoms with Crippen LogP contribution in [0.1, 0.15) is 22.8 Å². The van der Waals surface area contributed by atoms with Gasteiger partial charge in [0.25, 0.3) is 0 Å². The van der Waals surface area contributed by atoms with Crippen LogP contribution in [0.5, 0.6) is 0 Å². The van der Waals surface area contributed by atoms with Crippen LogP contribution < -0.4 is 0 Å². The summed E-state index contributed by atoms with van der Waals surface area (Å²) in [7, 11) is 0. The molecule has 0 aliphatic rings. The molecule has 0 bridgehead atoms. The van der Waals surface area contributed by atoms with Gasteiger partial charge in [0.1, 0.15) is 0 Å². The van der Waals surface area contributed by atoms with Gasteiger partial charge in [0.05, 0.1) is 5.02 Å². The van der Waals surface area contributed by atoms with Crippen LogP contribution >= 0.6 is 11.6 Å². The fraction of sp³-hybridized carbons (Fsp3) is 0.0870. The number of aromatic nitrogens is 1. The number of allylic oxidation sites excluding steroid dienone is 1. The van der Waals surface area contributed by atoms with E-state index in [0.717, 1.165) is 12.1 Å². The molecule has 0 saturated carbocycles. The SMILES string of the molecule is CCn1c2ccccc2c2cc(/C=C/C(=O)c3ccccc3Cl)ccc21. The lowest BCUT2D eigenvalue weighted by atomic mass is 10.1. The van der Waals surface area contributed by atoms with E-state index in [1.807, 2.05) is 24.3 Å². The molecule has 0 unspecified atom stereocenters. The first kappa shape index (κ1) is 16.6. The average Bonchev–Trinajstić information content (AvgIpc) is 2.99. The van der Waals surface area contributed by atoms with Crippen molar-refractivity contribution in [2.75, 3.05) is 0 Å². The van der Waals surface area contributed by atoms with Gasteiger partial charge in [-0.05, 0) is 48.9 Å². The van der Waals surface area contributed by atoms with Gasteiger partial charge in [-0.1, -0.05) is 54.1 Å². The smallest absolute Gasteiger partial charge is 0.187 e. The van der Waals surface area contributed by atoms with Gasteiger partial charge >= 0.3 is 0 Å². The topological polar surface area (TPSA) is 22.0 Å². The Morgan fingerprint density at radius 3 is 2.50 bits per heavy atom. The highest BCUT2D eigenvalue weighted by Crippen LogP contribution is 2.30. The summed E-state index contributed by atoms with van der Waals surface area (Å²) in [5.41, 5.74) is 3.97. The first-order chi connectivity index (χ1) is 12.7. The summed E-state index contributed by atoms with van der Waals surface area (Å²) in [6.45, 7) is 3.08. The lowest BCUT2D eigenvalue weighted by molar-refractivity contribution is 0.104. The summed E-state index contributed by atoms with van der Waals surface area (Å²) in [5, 5.41) is 2.91. The zero-order valence-corrected chi connectivity index (χ0v) is 15.2. The number of nitrogens with zero attached hydrogens (tertiary/aromatic N) is 1. The van der Waals surface area contributed by atoms with Crippen molar-refractivity contribution in [1.29, 1.82) is 0 Å². The fourth-order valence-electron chi connectivity index (χ4n) is 3.44. The molecular weight excluding hydrogens is 342 g/mol. The van der Waals surface area contributed by atoms with E-state index in [9.17, 15) is 4.79 Å². The Kier molecular flexibility index (Phi) is 4.36. The van der Waals surface area contributed by atoms with Crippen molar-refractivity contribution in [3.8, 4) is 0 Å². The number of rotatable bonds is 4. The Labute approximate surface area is 157 Å². The molecule has 0 N–H and O–H groups in total. The van der Waals surface area contributed by atoms with Crippen molar-refractivity contribution in [2.45, 2.75) is 13.5 Å². The number of fused-ring (bicyclic) bond motifs is 3. The van der Waals surface area contributed by atoms with Crippen molar-refractivity contribution in [3.05, 3.63) is 89.0 Å². The second kappa shape index (κ2) is 6.81. The summed E-state index contributed by atoms with van der Waals surface area (Å²) in [5.74, 6) is -0.0910. The first-order valence-corrected chi connectivity index (χ1v) is 9.05. The Hall–Kier alpha value is -2.84. The number of ketones is 1. The minimum atomic E-state index is -0.0910.